The Hall–Kier alpha value is -3.62. The zero-order chi connectivity index (χ0) is 22.2. The summed E-state index contributed by atoms with van der Waals surface area (Å²) >= 11 is 0. The van der Waals surface area contributed by atoms with Crippen LogP contribution in [0.15, 0.2) is 76.0 Å². The van der Waals surface area contributed by atoms with Gasteiger partial charge in [-0.25, -0.2) is 10.1 Å². The molecule has 164 valence electrons. The number of rotatable bonds is 6. The molecule has 0 saturated heterocycles. The van der Waals surface area contributed by atoms with E-state index in [4.69, 9.17) is 14.5 Å². The summed E-state index contributed by atoms with van der Waals surface area (Å²) in [5.41, 5.74) is 2.96. The Labute approximate surface area is 186 Å². The fraction of sp³-hybridized carbons (Fsp3) is 0.250. The number of fused-ring (bicyclic) bond motifs is 3. The standard InChI is InChI=1S/C24H23N4O4/c1-3-4-11-32-22-10-9-15(12-23(22)31-2)24-25-16-13-20-21(14-17(16)26-24)28(30)19-8-6-5-7-18(19)27(20)29/h5-10,12-14,16,29H,3-4,11H2,1-2H3/q-1. The van der Waals surface area contributed by atoms with Crippen molar-refractivity contribution in [1.82, 2.24) is 0 Å². The van der Waals surface area contributed by atoms with Crippen LogP contribution in [0.2, 0.25) is 0 Å². The Morgan fingerprint density at radius 1 is 1.09 bits per heavy atom. The largest absolute Gasteiger partial charge is 0.754 e. The highest BCUT2D eigenvalue weighted by Crippen LogP contribution is 2.42. The maximum atomic E-state index is 12.9. The van der Waals surface area contributed by atoms with Crippen molar-refractivity contribution in [2.24, 2.45) is 9.98 Å². The summed E-state index contributed by atoms with van der Waals surface area (Å²) in [6.45, 7) is 2.74. The minimum Gasteiger partial charge on any atom is -0.754 e. The lowest BCUT2D eigenvalue weighted by atomic mass is 10.00. The first-order valence-corrected chi connectivity index (χ1v) is 10.6. The average molecular weight is 431 g/mol. The summed E-state index contributed by atoms with van der Waals surface area (Å²) in [4.78, 5) is 9.36. The first-order chi connectivity index (χ1) is 15.6. The molecule has 0 saturated carbocycles. The van der Waals surface area contributed by atoms with Crippen molar-refractivity contribution in [3.8, 4) is 11.5 Å². The molecule has 0 spiro atoms. The lowest BCUT2D eigenvalue weighted by Gasteiger charge is -2.44. The molecule has 0 fully saturated rings. The molecule has 32 heavy (non-hydrogen) atoms. The van der Waals surface area contributed by atoms with Crippen molar-refractivity contribution in [1.29, 1.82) is 0 Å². The molecule has 2 aromatic rings. The number of para-hydroxylation sites is 2. The molecule has 0 radical (unpaired) electrons. The molecule has 1 aliphatic carbocycles. The normalized spacial score (nSPS) is 18.7. The van der Waals surface area contributed by atoms with Gasteiger partial charge >= 0.3 is 0 Å². The van der Waals surface area contributed by atoms with Crippen LogP contribution >= 0.6 is 0 Å². The SMILES string of the molecule is CCCCOc1ccc(C2=NC3C=C4C(=CC3=N2)N([O-])c2ccccc2N4O)cc1OC. The van der Waals surface area contributed by atoms with Gasteiger partial charge in [0.25, 0.3) is 0 Å². The zero-order valence-corrected chi connectivity index (χ0v) is 17.9. The van der Waals surface area contributed by atoms with Crippen molar-refractivity contribution in [3.63, 3.8) is 0 Å². The Morgan fingerprint density at radius 2 is 1.91 bits per heavy atom. The smallest absolute Gasteiger partial charge is 0.161 e. The summed E-state index contributed by atoms with van der Waals surface area (Å²) in [5.74, 6) is 1.83. The second-order valence-electron chi connectivity index (χ2n) is 7.68. The quantitative estimate of drug-likeness (QED) is 0.680. The van der Waals surface area contributed by atoms with Gasteiger partial charge in [-0.3, -0.25) is 10.2 Å². The van der Waals surface area contributed by atoms with Crippen LogP contribution in [0, 0.1) is 5.21 Å². The minimum absolute atomic E-state index is 0.329. The van der Waals surface area contributed by atoms with Crippen LogP contribution in [0.4, 0.5) is 11.4 Å². The van der Waals surface area contributed by atoms with E-state index in [0.717, 1.165) is 28.5 Å². The van der Waals surface area contributed by atoms with Gasteiger partial charge in [0.05, 0.1) is 42.2 Å². The predicted octanol–water partition coefficient (Wildman–Crippen LogP) is 4.44. The van der Waals surface area contributed by atoms with Crippen LogP contribution in [0.1, 0.15) is 25.3 Å². The summed E-state index contributed by atoms with van der Waals surface area (Å²) in [6.07, 6.45) is 5.46. The van der Waals surface area contributed by atoms with E-state index in [9.17, 15) is 10.4 Å². The molecule has 2 aromatic carbocycles. The highest BCUT2D eigenvalue weighted by molar-refractivity contribution is 6.18. The molecule has 5 rings (SSSR count). The van der Waals surface area contributed by atoms with Crippen molar-refractivity contribution in [2.75, 3.05) is 23.8 Å². The number of amidine groups is 1. The lowest BCUT2D eigenvalue weighted by Crippen LogP contribution is -2.36. The van der Waals surface area contributed by atoms with Gasteiger partial charge in [0.2, 0.25) is 0 Å². The maximum absolute atomic E-state index is 12.9. The Morgan fingerprint density at radius 3 is 2.69 bits per heavy atom. The van der Waals surface area contributed by atoms with Crippen LogP contribution in [0.5, 0.6) is 11.5 Å². The zero-order valence-electron chi connectivity index (χ0n) is 17.9. The number of unbranched alkanes of at least 4 members (excludes halogenated alkanes) is 1. The second-order valence-corrected chi connectivity index (χ2v) is 7.68. The van der Waals surface area contributed by atoms with E-state index >= 15 is 0 Å². The molecule has 0 amide bonds. The maximum Gasteiger partial charge on any atom is 0.161 e. The van der Waals surface area contributed by atoms with Gasteiger partial charge in [-0.1, -0.05) is 25.5 Å². The summed E-state index contributed by atoms with van der Waals surface area (Å²) < 4.78 is 11.3. The number of anilines is 2. The molecule has 3 aliphatic rings. The van der Waals surface area contributed by atoms with E-state index in [0.29, 0.717) is 52.4 Å². The van der Waals surface area contributed by atoms with E-state index in [1.807, 2.05) is 18.2 Å². The number of ether oxygens (including phenoxy) is 2. The van der Waals surface area contributed by atoms with E-state index in [2.05, 4.69) is 11.9 Å². The first kappa shape index (κ1) is 20.3. The third kappa shape index (κ3) is 3.34. The Balaban J connectivity index is 1.46. The number of aliphatic imine (C=N–C) groups is 2. The van der Waals surface area contributed by atoms with Gasteiger partial charge < -0.3 is 19.7 Å². The van der Waals surface area contributed by atoms with Crippen molar-refractivity contribution in [2.45, 2.75) is 25.8 Å². The molecule has 0 aromatic heterocycles. The molecule has 2 heterocycles. The summed E-state index contributed by atoms with van der Waals surface area (Å²) in [6, 6.07) is 12.1. The summed E-state index contributed by atoms with van der Waals surface area (Å²) in [7, 11) is 1.60. The van der Waals surface area contributed by atoms with Gasteiger partial charge in [0, 0.05) is 5.56 Å². The fourth-order valence-electron chi connectivity index (χ4n) is 3.91. The third-order valence-corrected chi connectivity index (χ3v) is 5.62. The van der Waals surface area contributed by atoms with Crippen LogP contribution in [-0.4, -0.2) is 36.5 Å². The van der Waals surface area contributed by atoms with E-state index in [1.54, 1.807) is 43.5 Å². The van der Waals surface area contributed by atoms with Crippen molar-refractivity contribution >= 4 is 22.9 Å². The molecule has 1 N–H and O–H groups in total. The van der Waals surface area contributed by atoms with Gasteiger partial charge in [0.1, 0.15) is 6.04 Å². The minimum atomic E-state index is -0.386. The van der Waals surface area contributed by atoms with Gasteiger partial charge in [0.15, 0.2) is 17.3 Å². The van der Waals surface area contributed by atoms with Crippen LogP contribution in [0.25, 0.3) is 0 Å². The highest BCUT2D eigenvalue weighted by atomic mass is 16.5. The highest BCUT2D eigenvalue weighted by Gasteiger charge is 2.33. The molecule has 8 nitrogen and oxygen atoms in total. The molecule has 1 atom stereocenters. The average Bonchev–Trinajstić information content (AvgIpc) is 3.25. The topological polar surface area (TPSA) is 93.0 Å². The molecular formula is C24H23N4O4-. The predicted molar refractivity (Wildman–Crippen MR) is 124 cm³/mol. The summed E-state index contributed by atoms with van der Waals surface area (Å²) in [5, 5.41) is 25.5. The fourth-order valence-corrected chi connectivity index (χ4v) is 3.91. The van der Waals surface area contributed by atoms with Gasteiger partial charge in [-0.2, -0.15) is 0 Å². The third-order valence-electron chi connectivity index (χ3n) is 5.62. The Bertz CT molecular complexity index is 1180. The first-order valence-electron chi connectivity index (χ1n) is 10.6. The molecule has 8 heteroatoms. The van der Waals surface area contributed by atoms with Crippen LogP contribution < -0.4 is 19.6 Å². The monoisotopic (exact) mass is 431 g/mol. The van der Waals surface area contributed by atoms with Crippen molar-refractivity contribution in [3.05, 3.63) is 76.8 Å². The van der Waals surface area contributed by atoms with E-state index < -0.39 is 0 Å². The van der Waals surface area contributed by atoms with Gasteiger partial charge in [-0.15, -0.1) is 0 Å². The Kier molecular flexibility index (Phi) is 5.16. The number of nitrogens with zero attached hydrogens (tertiary/aromatic N) is 4. The molecule has 2 aliphatic heterocycles. The number of hydrogen-bond donors (Lipinski definition) is 1. The van der Waals surface area contributed by atoms with E-state index in [-0.39, 0.29) is 6.04 Å². The van der Waals surface area contributed by atoms with Gasteiger partial charge in [-0.05, 0) is 48.9 Å². The van der Waals surface area contributed by atoms with Crippen LogP contribution in [0.3, 0.4) is 0 Å². The van der Waals surface area contributed by atoms with Crippen LogP contribution in [-0.2, 0) is 0 Å². The van der Waals surface area contributed by atoms with Crippen molar-refractivity contribution < 1.29 is 14.7 Å². The van der Waals surface area contributed by atoms with E-state index in [1.165, 1.54) is 0 Å². The number of hydroxylamine groups is 2. The number of methoxy groups -OCH3 is 1. The molecule has 0 bridgehead atoms. The number of benzene rings is 2. The number of hydrogen-bond acceptors (Lipinski definition) is 8. The lowest BCUT2D eigenvalue weighted by molar-refractivity contribution is 0.283. The second kappa shape index (κ2) is 8.14. The molecule has 1 unspecified atom stereocenters. The molecular weight excluding hydrogens is 408 g/mol.